The number of nitrogens with zero attached hydrogens (tertiary/aromatic N) is 4. The Hall–Kier alpha value is -2.08. The third-order valence-electron chi connectivity index (χ3n) is 3.07. The van der Waals surface area contributed by atoms with Crippen molar-refractivity contribution in [2.24, 2.45) is 0 Å². The molecule has 0 radical (unpaired) electrons. The van der Waals surface area contributed by atoms with Gasteiger partial charge in [0.05, 0.1) is 0 Å². The number of hydrogen-bond acceptors (Lipinski definition) is 6. The average Bonchev–Trinajstić information content (AvgIpc) is 2.47. The van der Waals surface area contributed by atoms with Gasteiger partial charge in [0.2, 0.25) is 17.2 Å². The van der Waals surface area contributed by atoms with Crippen LogP contribution in [0.15, 0.2) is 24.3 Å². The van der Waals surface area contributed by atoms with Crippen LogP contribution in [0.25, 0.3) is 0 Å². The first-order valence-corrected chi connectivity index (χ1v) is 7.19. The maximum Gasteiger partial charge on any atom is 0.231 e. The van der Waals surface area contributed by atoms with E-state index in [2.05, 4.69) is 20.3 Å². The van der Waals surface area contributed by atoms with Crippen molar-refractivity contribution in [3.8, 4) is 5.75 Å². The van der Waals surface area contributed by atoms with Crippen LogP contribution in [-0.4, -0.2) is 33.1 Å². The van der Waals surface area contributed by atoms with Crippen LogP contribution in [0.4, 0.5) is 11.9 Å². The fourth-order valence-corrected chi connectivity index (χ4v) is 2.06. The molecule has 0 amide bonds. The molecular formula is C14H18ClN5O. The molecule has 1 heterocycles. The van der Waals surface area contributed by atoms with Gasteiger partial charge in [-0.1, -0.05) is 18.2 Å². The summed E-state index contributed by atoms with van der Waals surface area (Å²) in [5.41, 5.74) is 0.762. The van der Waals surface area contributed by atoms with Crippen LogP contribution in [-0.2, 0) is 6.54 Å². The first-order chi connectivity index (χ1) is 10.1. The van der Waals surface area contributed by atoms with Crippen LogP contribution in [0.5, 0.6) is 5.75 Å². The number of anilines is 2. The minimum atomic E-state index is 0.145. The highest BCUT2D eigenvalue weighted by molar-refractivity contribution is 6.28. The summed E-state index contributed by atoms with van der Waals surface area (Å²) >= 11 is 5.94. The van der Waals surface area contributed by atoms with Crippen molar-refractivity contribution in [1.29, 1.82) is 0 Å². The van der Waals surface area contributed by atoms with Crippen molar-refractivity contribution in [2.75, 3.05) is 23.3 Å². The zero-order valence-corrected chi connectivity index (χ0v) is 12.8. The number of benzene rings is 1. The van der Waals surface area contributed by atoms with Crippen molar-refractivity contribution < 1.29 is 5.11 Å². The highest BCUT2D eigenvalue weighted by Gasteiger charge is 2.10. The molecule has 0 unspecified atom stereocenters. The largest absolute Gasteiger partial charge is 0.508 e. The minimum Gasteiger partial charge on any atom is -0.508 e. The standard InChI is InChI=1S/C14H18ClN5O/c1-3-20(4-2)14-18-12(15)17-13(19-14)16-9-10-7-5-6-8-11(10)21/h5-8,21H,3-4,9H2,1-2H3,(H,16,17,18,19). The van der Waals surface area contributed by atoms with E-state index < -0.39 is 0 Å². The summed E-state index contributed by atoms with van der Waals surface area (Å²) < 4.78 is 0. The third-order valence-corrected chi connectivity index (χ3v) is 3.24. The Labute approximate surface area is 128 Å². The van der Waals surface area contributed by atoms with Gasteiger partial charge in [0.15, 0.2) is 0 Å². The Bertz CT molecular complexity index is 604. The monoisotopic (exact) mass is 307 g/mol. The zero-order valence-electron chi connectivity index (χ0n) is 12.0. The van der Waals surface area contributed by atoms with Gasteiger partial charge in [0.25, 0.3) is 0 Å². The lowest BCUT2D eigenvalue weighted by atomic mass is 10.2. The highest BCUT2D eigenvalue weighted by atomic mass is 35.5. The molecule has 0 spiro atoms. The van der Waals surface area contributed by atoms with Crippen LogP contribution in [0.2, 0.25) is 5.28 Å². The van der Waals surface area contributed by atoms with Gasteiger partial charge in [-0.3, -0.25) is 0 Å². The number of hydrogen-bond donors (Lipinski definition) is 2. The van der Waals surface area contributed by atoms with Crippen LogP contribution < -0.4 is 10.2 Å². The van der Waals surface area contributed by atoms with Crippen LogP contribution >= 0.6 is 11.6 Å². The summed E-state index contributed by atoms with van der Waals surface area (Å²) in [6, 6.07) is 7.10. The molecule has 0 aliphatic rings. The van der Waals surface area contributed by atoms with Gasteiger partial charge in [-0.15, -0.1) is 0 Å². The van der Waals surface area contributed by atoms with E-state index in [-0.39, 0.29) is 11.0 Å². The van der Waals surface area contributed by atoms with E-state index in [0.717, 1.165) is 18.7 Å². The molecule has 0 saturated carbocycles. The topological polar surface area (TPSA) is 74.2 Å². The maximum absolute atomic E-state index is 9.73. The molecule has 0 atom stereocenters. The molecule has 7 heteroatoms. The molecule has 2 aromatic rings. The molecule has 1 aromatic carbocycles. The van der Waals surface area contributed by atoms with E-state index >= 15 is 0 Å². The Morgan fingerprint density at radius 3 is 2.52 bits per heavy atom. The average molecular weight is 308 g/mol. The first-order valence-electron chi connectivity index (χ1n) is 6.81. The maximum atomic E-state index is 9.73. The molecule has 0 aliphatic heterocycles. The molecule has 0 aliphatic carbocycles. The quantitative estimate of drug-likeness (QED) is 0.854. The number of halogens is 1. The molecule has 112 valence electrons. The van der Waals surface area contributed by atoms with Gasteiger partial charge in [0, 0.05) is 25.2 Å². The van der Waals surface area contributed by atoms with E-state index in [4.69, 9.17) is 11.6 Å². The summed E-state index contributed by atoms with van der Waals surface area (Å²) in [6.07, 6.45) is 0. The van der Waals surface area contributed by atoms with Gasteiger partial charge in [-0.25, -0.2) is 0 Å². The Balaban J connectivity index is 2.15. The SMILES string of the molecule is CCN(CC)c1nc(Cl)nc(NCc2ccccc2O)n1. The number of para-hydroxylation sites is 1. The van der Waals surface area contributed by atoms with E-state index in [1.165, 1.54) is 0 Å². The second kappa shape index (κ2) is 7.08. The normalized spacial score (nSPS) is 10.4. The number of phenolic OH excluding ortho intramolecular Hbond substituents is 1. The van der Waals surface area contributed by atoms with E-state index in [1.807, 2.05) is 30.9 Å². The molecule has 0 saturated heterocycles. The minimum absolute atomic E-state index is 0.145. The number of aromatic nitrogens is 3. The lowest BCUT2D eigenvalue weighted by Gasteiger charge is -2.18. The number of aromatic hydroxyl groups is 1. The third kappa shape index (κ3) is 3.95. The predicted octanol–water partition coefficient (Wildman–Crippen LogP) is 2.69. The highest BCUT2D eigenvalue weighted by Crippen LogP contribution is 2.18. The van der Waals surface area contributed by atoms with Gasteiger partial charge in [0.1, 0.15) is 5.75 Å². The molecule has 0 bridgehead atoms. The second-order valence-corrected chi connectivity index (χ2v) is 4.72. The van der Waals surface area contributed by atoms with Crippen LogP contribution in [0.1, 0.15) is 19.4 Å². The van der Waals surface area contributed by atoms with Crippen molar-refractivity contribution in [1.82, 2.24) is 15.0 Å². The van der Waals surface area contributed by atoms with Crippen molar-refractivity contribution in [3.05, 3.63) is 35.1 Å². The van der Waals surface area contributed by atoms with Crippen molar-refractivity contribution >= 4 is 23.5 Å². The Morgan fingerprint density at radius 2 is 1.86 bits per heavy atom. The number of phenols is 1. The molecular weight excluding hydrogens is 290 g/mol. The molecule has 21 heavy (non-hydrogen) atoms. The van der Waals surface area contributed by atoms with E-state index in [1.54, 1.807) is 12.1 Å². The van der Waals surface area contributed by atoms with Gasteiger partial charge < -0.3 is 15.3 Å². The number of nitrogens with one attached hydrogen (secondary N) is 1. The molecule has 0 fully saturated rings. The summed E-state index contributed by atoms with van der Waals surface area (Å²) in [7, 11) is 0. The molecule has 1 aromatic heterocycles. The lowest BCUT2D eigenvalue weighted by Crippen LogP contribution is -2.25. The number of rotatable bonds is 6. The van der Waals surface area contributed by atoms with Gasteiger partial charge in [-0.2, -0.15) is 15.0 Å². The lowest BCUT2D eigenvalue weighted by molar-refractivity contribution is 0.469. The van der Waals surface area contributed by atoms with Gasteiger partial charge >= 0.3 is 0 Å². The summed E-state index contributed by atoms with van der Waals surface area (Å²) in [5.74, 6) is 1.16. The summed E-state index contributed by atoms with van der Waals surface area (Å²) in [6.45, 7) is 6.03. The zero-order chi connectivity index (χ0) is 15.2. The molecule has 2 rings (SSSR count). The summed E-state index contributed by atoms with van der Waals surface area (Å²) in [5, 5.41) is 12.9. The summed E-state index contributed by atoms with van der Waals surface area (Å²) in [4.78, 5) is 14.5. The van der Waals surface area contributed by atoms with E-state index in [0.29, 0.717) is 18.4 Å². The fourth-order valence-electron chi connectivity index (χ4n) is 1.90. The van der Waals surface area contributed by atoms with Crippen molar-refractivity contribution in [3.63, 3.8) is 0 Å². The predicted molar refractivity (Wildman–Crippen MR) is 83.8 cm³/mol. The van der Waals surface area contributed by atoms with Crippen molar-refractivity contribution in [2.45, 2.75) is 20.4 Å². The van der Waals surface area contributed by atoms with Crippen LogP contribution in [0, 0.1) is 0 Å². The van der Waals surface area contributed by atoms with E-state index in [9.17, 15) is 5.11 Å². The first kappa shape index (κ1) is 15.3. The molecule has 2 N–H and O–H groups in total. The molecule has 6 nitrogen and oxygen atoms in total. The second-order valence-electron chi connectivity index (χ2n) is 4.38. The fraction of sp³-hybridized carbons (Fsp3) is 0.357. The van der Waals surface area contributed by atoms with Crippen LogP contribution in [0.3, 0.4) is 0 Å². The smallest absolute Gasteiger partial charge is 0.231 e. The Kier molecular flexibility index (Phi) is 5.16. The van der Waals surface area contributed by atoms with Gasteiger partial charge in [-0.05, 0) is 31.5 Å². The Morgan fingerprint density at radius 1 is 1.14 bits per heavy atom.